The smallest absolute Gasteiger partial charge is 0.350 e. The van der Waals surface area contributed by atoms with E-state index in [9.17, 15) is 34.5 Å². The van der Waals surface area contributed by atoms with Gasteiger partial charge in [-0.15, -0.1) is 0 Å². The molecule has 2 spiro atoms. The Bertz CT molecular complexity index is 1060. The van der Waals surface area contributed by atoms with E-state index in [4.69, 9.17) is 23.7 Å². The van der Waals surface area contributed by atoms with Gasteiger partial charge in [0.15, 0.2) is 11.7 Å². The quantitative estimate of drug-likeness (QED) is 0.282. The van der Waals surface area contributed by atoms with Gasteiger partial charge in [0.1, 0.15) is 17.6 Å². The second-order valence-corrected chi connectivity index (χ2v) is 11.4. The lowest BCUT2D eigenvalue weighted by molar-refractivity contribution is -0.240. The van der Waals surface area contributed by atoms with Crippen molar-refractivity contribution in [1.29, 1.82) is 0 Å². The van der Waals surface area contributed by atoms with E-state index >= 15 is 0 Å². The average Bonchev–Trinajstić information content (AvgIpc) is 3.40. The number of hydrogen-bond donors (Lipinski definition) is 3. The van der Waals surface area contributed by atoms with Crippen LogP contribution in [-0.2, 0) is 42.9 Å². The standard InChI is InChI=1S/C22H26O12/c1-6-14(26)31-12-10(25)20-11-8(24)9(18(3,4)5)19(20)13(30-7(2)23)15(27)33-17(19)34-22(20,16(28)32-11)21(6,12)29/h6,8-13,17,24-25,29H,1-5H3/t6-,8-,9+,10+,11+,12+,13+,17+,19?,20?,21-,22+/m1/s1. The molecule has 0 radical (unpaired) electrons. The molecule has 4 heterocycles. The summed E-state index contributed by atoms with van der Waals surface area (Å²) in [5.74, 6) is -6.12. The van der Waals surface area contributed by atoms with Gasteiger partial charge in [0.2, 0.25) is 18.0 Å². The SMILES string of the molecule is CC(=O)O[C@H]1C(=O)O[C@H]2O[C@@]34C(=O)O[C@H]5[C@H](O)[C@@H](C(C)(C)C)C21C53[C@@H](O)[C@@H]1OC(=O)[C@@H](C)[C@@]14O. The maximum Gasteiger partial charge on any atom is 0.350 e. The lowest BCUT2D eigenvalue weighted by Crippen LogP contribution is -2.67. The molecule has 2 aliphatic carbocycles. The van der Waals surface area contributed by atoms with Gasteiger partial charge >= 0.3 is 23.9 Å². The van der Waals surface area contributed by atoms with Crippen LogP contribution < -0.4 is 0 Å². The zero-order valence-electron chi connectivity index (χ0n) is 19.1. The van der Waals surface area contributed by atoms with Crippen molar-refractivity contribution in [3.63, 3.8) is 0 Å². The Morgan fingerprint density at radius 2 is 1.68 bits per heavy atom. The second kappa shape index (κ2) is 5.75. The topological polar surface area (TPSA) is 175 Å². The van der Waals surface area contributed by atoms with Crippen LogP contribution in [0.5, 0.6) is 0 Å². The van der Waals surface area contributed by atoms with Gasteiger partial charge < -0.3 is 39.0 Å². The third-order valence-corrected chi connectivity index (χ3v) is 9.21. The number of carbonyl (C=O) groups is 4. The Kier molecular flexibility index (Phi) is 3.75. The van der Waals surface area contributed by atoms with E-state index in [1.54, 1.807) is 20.8 Å². The van der Waals surface area contributed by atoms with E-state index in [2.05, 4.69) is 0 Å². The fourth-order valence-corrected chi connectivity index (χ4v) is 8.55. The molecule has 12 nitrogen and oxygen atoms in total. The number of fused-ring (bicyclic) bond motifs is 1. The molecule has 0 bridgehead atoms. The molecule has 2 saturated carbocycles. The predicted molar refractivity (Wildman–Crippen MR) is 103 cm³/mol. The van der Waals surface area contributed by atoms with Crippen molar-refractivity contribution >= 4 is 23.9 Å². The van der Waals surface area contributed by atoms with E-state index in [1.807, 2.05) is 0 Å². The molecule has 0 aromatic carbocycles. The molecule has 6 aliphatic rings. The van der Waals surface area contributed by atoms with Crippen LogP contribution in [0.2, 0.25) is 0 Å². The summed E-state index contributed by atoms with van der Waals surface area (Å²) in [4.78, 5) is 51.3. The molecule has 3 N–H and O–H groups in total. The summed E-state index contributed by atoms with van der Waals surface area (Å²) in [6.07, 6.45) is -9.68. The van der Waals surface area contributed by atoms with Crippen LogP contribution in [0.1, 0.15) is 34.6 Å². The van der Waals surface area contributed by atoms with Crippen molar-refractivity contribution in [1.82, 2.24) is 0 Å². The molecule has 4 saturated heterocycles. The Morgan fingerprint density at radius 1 is 1.03 bits per heavy atom. The van der Waals surface area contributed by atoms with E-state index in [0.717, 1.165) is 6.92 Å². The van der Waals surface area contributed by atoms with Gasteiger partial charge in [-0.3, -0.25) is 9.59 Å². The summed E-state index contributed by atoms with van der Waals surface area (Å²) in [6.45, 7) is 7.70. The first-order chi connectivity index (χ1) is 15.7. The third kappa shape index (κ3) is 1.71. The van der Waals surface area contributed by atoms with Crippen LogP contribution in [0.25, 0.3) is 0 Å². The van der Waals surface area contributed by atoms with Crippen molar-refractivity contribution in [3.8, 4) is 0 Å². The largest absolute Gasteiger partial charge is 0.456 e. The molecule has 0 aromatic heterocycles. The minimum absolute atomic E-state index is 0.836. The van der Waals surface area contributed by atoms with Crippen LogP contribution in [0.15, 0.2) is 0 Å². The van der Waals surface area contributed by atoms with Crippen molar-refractivity contribution in [2.45, 2.75) is 82.6 Å². The molecule has 34 heavy (non-hydrogen) atoms. The first kappa shape index (κ1) is 22.2. The normalized spacial score (nSPS) is 56.4. The van der Waals surface area contributed by atoms with Gasteiger partial charge in [-0.25, -0.2) is 9.59 Å². The molecule has 6 fully saturated rings. The second-order valence-electron chi connectivity index (χ2n) is 11.4. The van der Waals surface area contributed by atoms with Crippen molar-refractivity contribution in [2.75, 3.05) is 0 Å². The van der Waals surface area contributed by atoms with Crippen LogP contribution in [0, 0.1) is 28.1 Å². The first-order valence-corrected chi connectivity index (χ1v) is 11.2. The number of esters is 4. The number of hydrogen-bond acceptors (Lipinski definition) is 12. The molecular weight excluding hydrogens is 456 g/mol. The minimum atomic E-state index is -2.44. The van der Waals surface area contributed by atoms with Crippen LogP contribution in [0.4, 0.5) is 0 Å². The summed E-state index contributed by atoms with van der Waals surface area (Å²) in [7, 11) is 0. The number of ether oxygens (including phenoxy) is 5. The highest BCUT2D eigenvalue weighted by molar-refractivity contribution is 5.94. The molecule has 4 aliphatic heterocycles. The molecule has 6 rings (SSSR count). The van der Waals surface area contributed by atoms with Crippen molar-refractivity contribution < 1.29 is 58.2 Å². The van der Waals surface area contributed by atoms with Gasteiger partial charge in [-0.05, 0) is 12.3 Å². The predicted octanol–water partition coefficient (Wildman–Crippen LogP) is -1.83. The highest BCUT2D eigenvalue weighted by atomic mass is 16.8. The van der Waals surface area contributed by atoms with E-state index < -0.39 is 100.0 Å². The lowest BCUT2D eigenvalue weighted by atomic mass is 9.51. The van der Waals surface area contributed by atoms with Gasteiger partial charge in [0.25, 0.3) is 0 Å². The van der Waals surface area contributed by atoms with Crippen molar-refractivity contribution in [2.24, 2.45) is 28.1 Å². The lowest BCUT2D eigenvalue weighted by Gasteiger charge is -2.47. The zero-order chi connectivity index (χ0) is 25.0. The van der Waals surface area contributed by atoms with Crippen LogP contribution >= 0.6 is 0 Å². The number of aliphatic hydroxyl groups excluding tert-OH is 2. The molecule has 0 aromatic rings. The Hall–Kier alpha value is -2.28. The molecule has 2 unspecified atom stereocenters. The maximum atomic E-state index is 13.6. The monoisotopic (exact) mass is 482 g/mol. The van der Waals surface area contributed by atoms with Crippen LogP contribution in [0.3, 0.4) is 0 Å². The Labute approximate surface area is 193 Å². The van der Waals surface area contributed by atoms with E-state index in [0.29, 0.717) is 0 Å². The Balaban J connectivity index is 1.74. The number of rotatable bonds is 1. The summed E-state index contributed by atoms with van der Waals surface area (Å²) >= 11 is 0. The van der Waals surface area contributed by atoms with Gasteiger partial charge in [0.05, 0.1) is 17.4 Å². The summed E-state index contributed by atoms with van der Waals surface area (Å²) in [5.41, 5.74) is -9.58. The number of carbonyl (C=O) groups excluding carboxylic acids is 4. The average molecular weight is 482 g/mol. The molecule has 12 atom stereocenters. The highest BCUT2D eigenvalue weighted by Gasteiger charge is 3.05. The van der Waals surface area contributed by atoms with Crippen molar-refractivity contribution in [3.05, 3.63) is 0 Å². The van der Waals surface area contributed by atoms with Gasteiger partial charge in [-0.1, -0.05) is 20.8 Å². The highest BCUT2D eigenvalue weighted by Crippen LogP contribution is 2.84. The molecule has 12 heteroatoms. The van der Waals surface area contributed by atoms with Gasteiger partial charge in [-0.2, -0.15) is 0 Å². The van der Waals surface area contributed by atoms with Crippen LogP contribution in [-0.4, -0.2) is 87.2 Å². The molecule has 0 amide bonds. The first-order valence-electron chi connectivity index (χ1n) is 11.2. The van der Waals surface area contributed by atoms with Gasteiger partial charge in [0, 0.05) is 12.8 Å². The molecular formula is C22H26O12. The summed E-state index contributed by atoms with van der Waals surface area (Å²) in [5, 5.41) is 35.4. The fraction of sp³-hybridized carbons (Fsp3) is 0.818. The van der Waals surface area contributed by atoms with E-state index in [1.165, 1.54) is 6.92 Å². The summed E-state index contributed by atoms with van der Waals surface area (Å²) in [6, 6.07) is 0. The zero-order valence-corrected chi connectivity index (χ0v) is 19.1. The maximum absolute atomic E-state index is 13.6. The minimum Gasteiger partial charge on any atom is -0.456 e. The molecule has 186 valence electrons. The third-order valence-electron chi connectivity index (χ3n) is 9.21. The Morgan fingerprint density at radius 3 is 2.26 bits per heavy atom. The summed E-state index contributed by atoms with van der Waals surface area (Å²) < 4.78 is 28.1. The number of aliphatic hydroxyl groups is 3. The van der Waals surface area contributed by atoms with E-state index in [-0.39, 0.29) is 0 Å². The fourth-order valence-electron chi connectivity index (χ4n) is 8.55.